The molecule has 0 saturated heterocycles. The second-order valence-corrected chi connectivity index (χ2v) is 3.30. The molecular weight excluding hydrogens is 216 g/mol. The Balaban J connectivity index is 0.00000121. The number of nitrogens with zero attached hydrogens (tertiary/aromatic N) is 1. The Morgan fingerprint density at radius 1 is 1.24 bits per heavy atom. The first kappa shape index (κ1) is 15.3. The van der Waals surface area contributed by atoms with E-state index in [4.69, 9.17) is 0 Å². The molecule has 0 aliphatic heterocycles. The average molecular weight is 236 g/mol. The third kappa shape index (κ3) is 8.13. The maximum absolute atomic E-state index is 11.2. The molecule has 94 valence electrons. The zero-order valence-corrected chi connectivity index (χ0v) is 10.7. The standard InChI is InChI=1S/C11H14N2O2.C2H6/c1-9(14)5-6-11(15)13-8-10-4-2-3-7-12-10;1-2/h2-4,7H,5-6,8H2,1H3,(H,13,15);1-2H3. The maximum Gasteiger partial charge on any atom is 0.220 e. The minimum absolute atomic E-state index is 0.0305. The van der Waals surface area contributed by atoms with Crippen LogP contribution in [0, 0.1) is 0 Å². The molecule has 0 bridgehead atoms. The Morgan fingerprint density at radius 2 is 1.94 bits per heavy atom. The van der Waals surface area contributed by atoms with E-state index in [1.807, 2.05) is 32.0 Å². The summed E-state index contributed by atoms with van der Waals surface area (Å²) in [6, 6.07) is 5.52. The topological polar surface area (TPSA) is 59.1 Å². The molecule has 1 aromatic heterocycles. The van der Waals surface area contributed by atoms with Crippen LogP contribution in [0.25, 0.3) is 0 Å². The lowest BCUT2D eigenvalue weighted by atomic mass is 10.2. The van der Waals surface area contributed by atoms with Gasteiger partial charge in [-0.25, -0.2) is 0 Å². The Hall–Kier alpha value is -1.71. The van der Waals surface area contributed by atoms with Gasteiger partial charge in [-0.15, -0.1) is 0 Å². The fourth-order valence-electron chi connectivity index (χ4n) is 1.07. The molecule has 1 heterocycles. The quantitative estimate of drug-likeness (QED) is 0.851. The molecule has 0 unspecified atom stereocenters. The van der Waals surface area contributed by atoms with Gasteiger partial charge in [0.25, 0.3) is 0 Å². The lowest BCUT2D eigenvalue weighted by Gasteiger charge is -2.03. The van der Waals surface area contributed by atoms with Crippen LogP contribution in [-0.2, 0) is 16.1 Å². The summed E-state index contributed by atoms with van der Waals surface area (Å²) in [7, 11) is 0. The number of rotatable bonds is 5. The van der Waals surface area contributed by atoms with Crippen LogP contribution in [0.1, 0.15) is 39.3 Å². The van der Waals surface area contributed by atoms with Crippen molar-refractivity contribution in [3.8, 4) is 0 Å². The Kier molecular flexibility index (Phi) is 8.55. The Labute approximate surface area is 102 Å². The largest absolute Gasteiger partial charge is 0.350 e. The highest BCUT2D eigenvalue weighted by Crippen LogP contribution is 1.94. The lowest BCUT2D eigenvalue weighted by molar-refractivity contribution is -0.124. The van der Waals surface area contributed by atoms with Crippen molar-refractivity contribution in [1.82, 2.24) is 10.3 Å². The summed E-state index contributed by atoms with van der Waals surface area (Å²) in [5, 5.41) is 2.70. The number of pyridine rings is 1. The van der Waals surface area contributed by atoms with E-state index in [2.05, 4.69) is 10.3 Å². The number of carbonyl (C=O) groups is 2. The normalized spacial score (nSPS) is 8.88. The average Bonchev–Trinajstić information content (AvgIpc) is 2.37. The highest BCUT2D eigenvalue weighted by Gasteiger charge is 2.03. The predicted octanol–water partition coefficient (Wildman–Crippen LogP) is 2.09. The van der Waals surface area contributed by atoms with Crippen LogP contribution in [-0.4, -0.2) is 16.7 Å². The molecule has 1 aromatic rings. The van der Waals surface area contributed by atoms with Crippen LogP contribution in [0.2, 0.25) is 0 Å². The van der Waals surface area contributed by atoms with Gasteiger partial charge < -0.3 is 10.1 Å². The van der Waals surface area contributed by atoms with Crippen molar-refractivity contribution < 1.29 is 9.59 Å². The van der Waals surface area contributed by atoms with E-state index in [9.17, 15) is 9.59 Å². The number of ketones is 1. The summed E-state index contributed by atoms with van der Waals surface area (Å²) in [4.78, 5) is 25.9. The fourth-order valence-corrected chi connectivity index (χ4v) is 1.07. The van der Waals surface area contributed by atoms with Gasteiger partial charge in [0.15, 0.2) is 0 Å². The van der Waals surface area contributed by atoms with Crippen LogP contribution in [0.4, 0.5) is 0 Å². The third-order valence-electron chi connectivity index (χ3n) is 1.90. The molecule has 1 N–H and O–H groups in total. The first-order valence-corrected chi connectivity index (χ1v) is 5.84. The van der Waals surface area contributed by atoms with Crippen LogP contribution in [0.5, 0.6) is 0 Å². The lowest BCUT2D eigenvalue weighted by Crippen LogP contribution is -2.23. The van der Waals surface area contributed by atoms with Crippen molar-refractivity contribution in [1.29, 1.82) is 0 Å². The maximum atomic E-state index is 11.2. The van der Waals surface area contributed by atoms with Crippen molar-refractivity contribution in [2.45, 2.75) is 40.2 Å². The van der Waals surface area contributed by atoms with E-state index in [1.54, 1.807) is 6.20 Å². The van der Waals surface area contributed by atoms with Gasteiger partial charge in [0.05, 0.1) is 12.2 Å². The molecule has 0 saturated carbocycles. The Bertz CT molecular complexity index is 337. The summed E-state index contributed by atoms with van der Waals surface area (Å²) in [5.74, 6) is -0.0844. The first-order valence-electron chi connectivity index (χ1n) is 5.84. The monoisotopic (exact) mass is 236 g/mol. The van der Waals surface area contributed by atoms with Gasteiger partial charge in [0.2, 0.25) is 5.91 Å². The SMILES string of the molecule is CC.CC(=O)CCC(=O)NCc1ccccn1. The summed E-state index contributed by atoms with van der Waals surface area (Å²) in [5.41, 5.74) is 0.814. The number of carbonyl (C=O) groups excluding carboxylic acids is 2. The fraction of sp³-hybridized carbons (Fsp3) is 0.462. The van der Waals surface area contributed by atoms with Crippen LogP contribution < -0.4 is 5.32 Å². The molecule has 0 atom stereocenters. The van der Waals surface area contributed by atoms with Crippen molar-refractivity contribution in [3.63, 3.8) is 0 Å². The third-order valence-corrected chi connectivity index (χ3v) is 1.90. The number of hydrogen-bond acceptors (Lipinski definition) is 3. The van der Waals surface area contributed by atoms with Crippen molar-refractivity contribution in [3.05, 3.63) is 30.1 Å². The second kappa shape index (κ2) is 9.51. The highest BCUT2D eigenvalue weighted by molar-refractivity contribution is 5.83. The molecule has 17 heavy (non-hydrogen) atoms. The van der Waals surface area contributed by atoms with Crippen molar-refractivity contribution in [2.24, 2.45) is 0 Å². The zero-order chi connectivity index (χ0) is 13.1. The molecule has 4 heteroatoms. The summed E-state index contributed by atoms with van der Waals surface area (Å²) >= 11 is 0. The molecular formula is C13H20N2O2. The minimum Gasteiger partial charge on any atom is -0.350 e. The van der Waals surface area contributed by atoms with Gasteiger partial charge in [-0.1, -0.05) is 19.9 Å². The Morgan fingerprint density at radius 3 is 2.47 bits per heavy atom. The summed E-state index contributed by atoms with van der Waals surface area (Å²) in [6.45, 7) is 5.89. The van der Waals surface area contributed by atoms with Crippen molar-refractivity contribution >= 4 is 11.7 Å². The van der Waals surface area contributed by atoms with E-state index < -0.39 is 0 Å². The van der Waals surface area contributed by atoms with E-state index in [-0.39, 0.29) is 18.1 Å². The van der Waals surface area contributed by atoms with Gasteiger partial charge in [0.1, 0.15) is 5.78 Å². The van der Waals surface area contributed by atoms with Gasteiger partial charge in [-0.3, -0.25) is 9.78 Å². The molecule has 0 spiro atoms. The molecule has 0 aromatic carbocycles. The number of Topliss-reactive ketones (excluding diaryl/α,β-unsaturated/α-hetero) is 1. The molecule has 1 amide bonds. The van der Waals surface area contributed by atoms with Gasteiger partial charge in [-0.2, -0.15) is 0 Å². The summed E-state index contributed by atoms with van der Waals surface area (Å²) < 4.78 is 0. The van der Waals surface area contributed by atoms with E-state index in [1.165, 1.54) is 6.92 Å². The smallest absolute Gasteiger partial charge is 0.220 e. The number of aromatic nitrogens is 1. The van der Waals surface area contributed by atoms with Crippen LogP contribution >= 0.6 is 0 Å². The molecule has 0 fully saturated rings. The highest BCUT2D eigenvalue weighted by atomic mass is 16.2. The molecule has 4 nitrogen and oxygen atoms in total. The van der Waals surface area contributed by atoms with Gasteiger partial charge in [0, 0.05) is 19.0 Å². The molecule has 1 rings (SSSR count). The number of nitrogens with one attached hydrogen (secondary N) is 1. The number of amides is 1. The second-order valence-electron chi connectivity index (χ2n) is 3.30. The first-order chi connectivity index (χ1) is 8.18. The predicted molar refractivity (Wildman–Crippen MR) is 67.3 cm³/mol. The van der Waals surface area contributed by atoms with Gasteiger partial charge >= 0.3 is 0 Å². The molecule has 0 radical (unpaired) electrons. The number of hydrogen-bond donors (Lipinski definition) is 1. The van der Waals surface area contributed by atoms with Crippen LogP contribution in [0.3, 0.4) is 0 Å². The van der Waals surface area contributed by atoms with Crippen molar-refractivity contribution in [2.75, 3.05) is 0 Å². The minimum atomic E-state index is -0.115. The van der Waals surface area contributed by atoms with Crippen LogP contribution in [0.15, 0.2) is 24.4 Å². The van der Waals surface area contributed by atoms with E-state index in [0.29, 0.717) is 13.0 Å². The van der Waals surface area contributed by atoms with E-state index >= 15 is 0 Å². The molecule has 0 aliphatic carbocycles. The molecule has 0 aliphatic rings. The summed E-state index contributed by atoms with van der Waals surface area (Å²) in [6.07, 6.45) is 2.23. The van der Waals surface area contributed by atoms with E-state index in [0.717, 1.165) is 5.69 Å². The van der Waals surface area contributed by atoms with Gasteiger partial charge in [-0.05, 0) is 19.1 Å². The zero-order valence-electron chi connectivity index (χ0n) is 10.7.